The lowest BCUT2D eigenvalue weighted by Crippen LogP contribution is -2.44. The molecule has 1 aromatic carbocycles. The van der Waals surface area contributed by atoms with Crippen LogP contribution in [0.2, 0.25) is 5.15 Å². The maximum Gasteiger partial charge on any atom is 0.147 e. The van der Waals surface area contributed by atoms with Crippen molar-refractivity contribution in [2.24, 2.45) is 0 Å². The third kappa shape index (κ3) is 3.20. The van der Waals surface area contributed by atoms with Gasteiger partial charge in [0.05, 0.1) is 0 Å². The molecule has 0 saturated carbocycles. The van der Waals surface area contributed by atoms with Crippen molar-refractivity contribution in [3.05, 3.63) is 41.7 Å². The summed E-state index contributed by atoms with van der Waals surface area (Å²) in [5, 5.41) is 3.93. The number of aromatic nitrogens is 2. The van der Waals surface area contributed by atoms with Crippen LogP contribution in [0.1, 0.15) is 0 Å². The molecule has 2 heterocycles. The molecule has 0 aliphatic carbocycles. The second kappa shape index (κ2) is 6.39. The van der Waals surface area contributed by atoms with Crippen molar-refractivity contribution in [3.8, 4) is 11.4 Å². The highest BCUT2D eigenvalue weighted by molar-refractivity contribution is 6.29. The molecular formula is C15H19ClN4. The molecule has 4 nitrogen and oxygen atoms in total. The summed E-state index contributed by atoms with van der Waals surface area (Å²) in [5.41, 5.74) is 1.11. The lowest BCUT2D eigenvalue weighted by atomic mass is 10.2. The second-order valence-electron chi connectivity index (χ2n) is 5.04. The minimum absolute atomic E-state index is 0.559. The molecule has 0 bridgehead atoms. The lowest BCUT2D eigenvalue weighted by molar-refractivity contribution is 0.233. The van der Waals surface area contributed by atoms with Crippen molar-refractivity contribution in [3.63, 3.8) is 0 Å². The Morgan fingerprint density at radius 1 is 1.10 bits per heavy atom. The molecule has 3 rings (SSSR count). The summed E-state index contributed by atoms with van der Waals surface area (Å²) in [6.45, 7) is 6.34. The van der Waals surface area contributed by atoms with Gasteiger partial charge >= 0.3 is 0 Å². The predicted octanol–water partition coefficient (Wildman–Crippen LogP) is 2.11. The molecule has 5 heteroatoms. The van der Waals surface area contributed by atoms with E-state index in [-0.39, 0.29) is 0 Å². The van der Waals surface area contributed by atoms with Gasteiger partial charge in [-0.05, 0) is 0 Å². The van der Waals surface area contributed by atoms with Gasteiger partial charge in [-0.15, -0.1) is 0 Å². The SMILES string of the molecule is Clc1cn(CCN2CCNCC2)c(-c2ccccc2)n1. The Balaban J connectivity index is 1.73. The fourth-order valence-corrected chi connectivity index (χ4v) is 2.75. The number of imidazole rings is 1. The summed E-state index contributed by atoms with van der Waals surface area (Å²) in [5.74, 6) is 0.950. The molecule has 0 radical (unpaired) electrons. The standard InChI is InChI=1S/C15H19ClN4/c16-14-12-20(11-10-19-8-6-17-7-9-19)15(18-14)13-4-2-1-3-5-13/h1-5,12,17H,6-11H2. The number of rotatable bonds is 4. The van der Waals surface area contributed by atoms with Crippen LogP contribution < -0.4 is 5.32 Å². The van der Waals surface area contributed by atoms with E-state index in [4.69, 9.17) is 11.6 Å². The van der Waals surface area contributed by atoms with Crippen molar-refractivity contribution < 1.29 is 0 Å². The molecule has 106 valence electrons. The Morgan fingerprint density at radius 3 is 2.60 bits per heavy atom. The molecule has 20 heavy (non-hydrogen) atoms. The number of benzene rings is 1. The van der Waals surface area contributed by atoms with Gasteiger partial charge in [-0.3, -0.25) is 4.90 Å². The van der Waals surface area contributed by atoms with E-state index in [0.29, 0.717) is 5.15 Å². The van der Waals surface area contributed by atoms with E-state index in [9.17, 15) is 0 Å². The highest BCUT2D eigenvalue weighted by Gasteiger charge is 2.12. The molecule has 1 aromatic heterocycles. The highest BCUT2D eigenvalue weighted by Crippen LogP contribution is 2.20. The van der Waals surface area contributed by atoms with Gasteiger partial charge in [-0.25, -0.2) is 4.98 Å². The molecule has 0 atom stereocenters. The molecule has 0 spiro atoms. The monoisotopic (exact) mass is 290 g/mol. The Labute approximate surface area is 124 Å². The van der Waals surface area contributed by atoms with E-state index in [0.717, 1.165) is 50.7 Å². The Morgan fingerprint density at radius 2 is 1.85 bits per heavy atom. The molecule has 1 N–H and O–H groups in total. The Bertz CT molecular complexity index is 546. The maximum atomic E-state index is 6.08. The van der Waals surface area contributed by atoms with Crippen molar-refractivity contribution in [1.29, 1.82) is 0 Å². The fraction of sp³-hybridized carbons (Fsp3) is 0.400. The first-order valence-corrected chi connectivity index (χ1v) is 7.42. The average Bonchev–Trinajstić information content (AvgIpc) is 2.88. The van der Waals surface area contributed by atoms with Crippen molar-refractivity contribution in [2.45, 2.75) is 6.54 Å². The number of piperazine rings is 1. The van der Waals surface area contributed by atoms with Crippen LogP contribution in [0.25, 0.3) is 11.4 Å². The number of nitrogens with one attached hydrogen (secondary N) is 1. The van der Waals surface area contributed by atoms with Gasteiger partial charge in [0.2, 0.25) is 0 Å². The number of nitrogens with zero attached hydrogens (tertiary/aromatic N) is 3. The van der Waals surface area contributed by atoms with Gasteiger partial charge in [-0.1, -0.05) is 41.9 Å². The fourth-order valence-electron chi connectivity index (χ4n) is 2.56. The molecule has 0 unspecified atom stereocenters. The first-order chi connectivity index (χ1) is 9.83. The molecule has 1 aliphatic heterocycles. The van der Waals surface area contributed by atoms with Gasteiger partial charge in [0.1, 0.15) is 11.0 Å². The largest absolute Gasteiger partial charge is 0.328 e. The summed E-state index contributed by atoms with van der Waals surface area (Å²) < 4.78 is 2.15. The van der Waals surface area contributed by atoms with Gasteiger partial charge < -0.3 is 9.88 Å². The lowest BCUT2D eigenvalue weighted by Gasteiger charge is -2.27. The van der Waals surface area contributed by atoms with Gasteiger partial charge in [-0.2, -0.15) is 0 Å². The molecule has 0 amide bonds. The van der Waals surface area contributed by atoms with Crippen LogP contribution in [0.15, 0.2) is 36.5 Å². The zero-order valence-electron chi connectivity index (χ0n) is 11.4. The topological polar surface area (TPSA) is 33.1 Å². The van der Waals surface area contributed by atoms with Crippen LogP contribution in [0.4, 0.5) is 0 Å². The Kier molecular flexibility index (Phi) is 4.35. The molecule has 1 fully saturated rings. The maximum absolute atomic E-state index is 6.08. The second-order valence-corrected chi connectivity index (χ2v) is 5.43. The molecule has 2 aromatic rings. The van der Waals surface area contributed by atoms with E-state index >= 15 is 0 Å². The van der Waals surface area contributed by atoms with Crippen LogP contribution in [-0.4, -0.2) is 47.2 Å². The van der Waals surface area contributed by atoms with Gasteiger partial charge in [0, 0.05) is 51.0 Å². The van der Waals surface area contributed by atoms with E-state index in [1.165, 1.54) is 0 Å². The summed E-state index contributed by atoms with van der Waals surface area (Å²) in [6, 6.07) is 10.2. The van der Waals surface area contributed by atoms with Gasteiger partial charge in [0.15, 0.2) is 0 Å². The van der Waals surface area contributed by atoms with E-state index in [2.05, 4.69) is 31.9 Å². The summed E-state index contributed by atoms with van der Waals surface area (Å²) in [4.78, 5) is 6.91. The summed E-state index contributed by atoms with van der Waals surface area (Å²) in [6.07, 6.45) is 1.92. The third-order valence-electron chi connectivity index (χ3n) is 3.65. The first-order valence-electron chi connectivity index (χ1n) is 7.04. The minimum Gasteiger partial charge on any atom is -0.328 e. The minimum atomic E-state index is 0.559. The zero-order valence-corrected chi connectivity index (χ0v) is 12.2. The van der Waals surface area contributed by atoms with Crippen LogP contribution >= 0.6 is 11.6 Å². The summed E-state index contributed by atoms with van der Waals surface area (Å²) >= 11 is 6.08. The number of halogens is 1. The highest BCUT2D eigenvalue weighted by atomic mass is 35.5. The summed E-state index contributed by atoms with van der Waals surface area (Å²) in [7, 11) is 0. The molecule has 1 aliphatic rings. The van der Waals surface area contributed by atoms with Crippen molar-refractivity contribution >= 4 is 11.6 Å². The van der Waals surface area contributed by atoms with Crippen LogP contribution in [-0.2, 0) is 6.54 Å². The Hall–Kier alpha value is -1.36. The van der Waals surface area contributed by atoms with Crippen molar-refractivity contribution in [1.82, 2.24) is 19.8 Å². The van der Waals surface area contributed by atoms with Crippen LogP contribution in [0.5, 0.6) is 0 Å². The first kappa shape index (κ1) is 13.6. The normalized spacial score (nSPS) is 16.4. The quantitative estimate of drug-likeness (QED) is 0.936. The van der Waals surface area contributed by atoms with Crippen molar-refractivity contribution in [2.75, 3.05) is 32.7 Å². The third-order valence-corrected chi connectivity index (χ3v) is 3.83. The number of hydrogen-bond donors (Lipinski definition) is 1. The van der Waals surface area contributed by atoms with Crippen LogP contribution in [0, 0.1) is 0 Å². The molecule has 1 saturated heterocycles. The smallest absolute Gasteiger partial charge is 0.147 e. The zero-order chi connectivity index (χ0) is 13.8. The average molecular weight is 291 g/mol. The predicted molar refractivity (Wildman–Crippen MR) is 82.0 cm³/mol. The van der Waals surface area contributed by atoms with E-state index in [1.54, 1.807) is 0 Å². The number of hydrogen-bond acceptors (Lipinski definition) is 3. The molecular weight excluding hydrogens is 272 g/mol. The van der Waals surface area contributed by atoms with Gasteiger partial charge in [0.25, 0.3) is 0 Å². The van der Waals surface area contributed by atoms with E-state index in [1.807, 2.05) is 24.4 Å². The van der Waals surface area contributed by atoms with E-state index < -0.39 is 0 Å². The van der Waals surface area contributed by atoms with Crippen LogP contribution in [0.3, 0.4) is 0 Å².